The second kappa shape index (κ2) is 7.90. The van der Waals surface area contributed by atoms with Gasteiger partial charge in [0.1, 0.15) is 12.7 Å². The van der Waals surface area contributed by atoms with Gasteiger partial charge in [-0.05, 0) is 24.3 Å². The lowest BCUT2D eigenvalue weighted by molar-refractivity contribution is -0.0326. The van der Waals surface area contributed by atoms with E-state index < -0.39 is 30.3 Å². The van der Waals surface area contributed by atoms with Crippen molar-refractivity contribution in [1.82, 2.24) is 0 Å². The van der Waals surface area contributed by atoms with Crippen molar-refractivity contribution in [3.8, 4) is 0 Å². The Hall–Kier alpha value is -2.73. The molecule has 1 aliphatic heterocycles. The molecule has 0 saturated carbocycles. The highest BCUT2D eigenvalue weighted by molar-refractivity contribution is 5.90. The van der Waals surface area contributed by atoms with Gasteiger partial charge in [-0.1, -0.05) is 36.4 Å². The van der Waals surface area contributed by atoms with Crippen molar-refractivity contribution in [3.05, 3.63) is 71.8 Å². The number of halogens is 1. The molecule has 0 radical (unpaired) electrons. The third kappa shape index (κ3) is 4.22. The van der Waals surface area contributed by atoms with Crippen molar-refractivity contribution in [3.63, 3.8) is 0 Å². The van der Waals surface area contributed by atoms with Crippen LogP contribution in [0.15, 0.2) is 60.7 Å². The molecule has 0 bridgehead atoms. The first-order valence-corrected chi connectivity index (χ1v) is 7.89. The molecule has 2 aromatic carbocycles. The quantitative estimate of drug-likeness (QED) is 0.781. The first kappa shape index (κ1) is 17.1. The summed E-state index contributed by atoms with van der Waals surface area (Å²) < 4.78 is 29.7. The van der Waals surface area contributed by atoms with Crippen LogP contribution in [-0.2, 0) is 14.2 Å². The van der Waals surface area contributed by atoms with Crippen molar-refractivity contribution < 1.29 is 28.2 Å². The molecule has 0 spiro atoms. The van der Waals surface area contributed by atoms with Crippen molar-refractivity contribution in [1.29, 1.82) is 0 Å². The molecular formula is C19H17FO5. The Morgan fingerprint density at radius 3 is 2.12 bits per heavy atom. The lowest BCUT2D eigenvalue weighted by Gasteiger charge is -2.20. The van der Waals surface area contributed by atoms with Crippen LogP contribution in [-0.4, -0.2) is 43.5 Å². The van der Waals surface area contributed by atoms with Crippen LogP contribution in [0, 0.1) is 0 Å². The maximum atomic E-state index is 14.0. The van der Waals surface area contributed by atoms with E-state index in [1.54, 1.807) is 60.7 Å². The second-order valence-electron chi connectivity index (χ2n) is 5.59. The molecule has 6 heteroatoms. The number of ether oxygens (including phenoxy) is 3. The van der Waals surface area contributed by atoms with Gasteiger partial charge in [-0.25, -0.2) is 14.0 Å². The smallest absolute Gasteiger partial charge is 0.338 e. The summed E-state index contributed by atoms with van der Waals surface area (Å²) in [4.78, 5) is 24.1. The molecule has 130 valence electrons. The summed E-state index contributed by atoms with van der Waals surface area (Å²) in [6.45, 7) is -0.402. The lowest BCUT2D eigenvalue weighted by Crippen LogP contribution is -2.36. The summed E-state index contributed by atoms with van der Waals surface area (Å²) in [5, 5.41) is 0. The Bertz CT molecular complexity index is 719. The van der Waals surface area contributed by atoms with Gasteiger partial charge in [0.25, 0.3) is 0 Å². The normalized spacial score (nSPS) is 22.4. The number of carbonyl (C=O) groups is 2. The van der Waals surface area contributed by atoms with Gasteiger partial charge in [0.05, 0.1) is 17.7 Å². The predicted octanol–water partition coefficient (Wildman–Crippen LogP) is 2.81. The largest absolute Gasteiger partial charge is 0.459 e. The van der Waals surface area contributed by atoms with Crippen molar-refractivity contribution in [2.45, 2.75) is 18.4 Å². The standard InChI is InChI=1S/C19H17FO5/c20-15-11-23-16(12-24-18(21)13-7-3-1-4-8-13)17(15)25-19(22)14-9-5-2-6-10-14/h1-10,15-17H,11-12H2/t15-,16?,17+/m1/s1. The van der Waals surface area contributed by atoms with Gasteiger partial charge in [-0.15, -0.1) is 0 Å². The van der Waals surface area contributed by atoms with Crippen molar-refractivity contribution in [2.75, 3.05) is 13.2 Å². The first-order valence-electron chi connectivity index (χ1n) is 7.89. The number of hydrogen-bond donors (Lipinski definition) is 0. The van der Waals surface area contributed by atoms with Gasteiger partial charge < -0.3 is 14.2 Å². The highest BCUT2D eigenvalue weighted by atomic mass is 19.1. The summed E-state index contributed by atoms with van der Waals surface area (Å²) in [6, 6.07) is 16.7. The van der Waals surface area contributed by atoms with Crippen LogP contribution < -0.4 is 0 Å². The van der Waals surface area contributed by atoms with Gasteiger partial charge in [0.2, 0.25) is 0 Å². The van der Waals surface area contributed by atoms with Crippen LogP contribution in [0.25, 0.3) is 0 Å². The van der Waals surface area contributed by atoms with Crippen LogP contribution in [0.2, 0.25) is 0 Å². The number of esters is 2. The zero-order chi connectivity index (χ0) is 17.6. The minimum Gasteiger partial charge on any atom is -0.459 e. The van der Waals surface area contributed by atoms with E-state index in [0.717, 1.165) is 0 Å². The Morgan fingerprint density at radius 2 is 1.52 bits per heavy atom. The number of alkyl halides is 1. The molecule has 0 N–H and O–H groups in total. The molecule has 1 aliphatic rings. The molecule has 0 aliphatic carbocycles. The zero-order valence-electron chi connectivity index (χ0n) is 13.3. The lowest BCUT2D eigenvalue weighted by atomic mass is 10.1. The number of rotatable bonds is 5. The fourth-order valence-electron chi connectivity index (χ4n) is 2.51. The van der Waals surface area contributed by atoms with Crippen LogP contribution >= 0.6 is 0 Å². The monoisotopic (exact) mass is 344 g/mol. The molecule has 1 heterocycles. The second-order valence-corrected chi connectivity index (χ2v) is 5.59. The molecule has 2 aromatic rings. The number of hydrogen-bond acceptors (Lipinski definition) is 5. The van der Waals surface area contributed by atoms with Crippen LogP contribution in [0.3, 0.4) is 0 Å². The van der Waals surface area contributed by atoms with Gasteiger partial charge in [-0.2, -0.15) is 0 Å². The summed E-state index contributed by atoms with van der Waals surface area (Å²) in [7, 11) is 0. The van der Waals surface area contributed by atoms with E-state index in [9.17, 15) is 14.0 Å². The maximum Gasteiger partial charge on any atom is 0.338 e. The minimum absolute atomic E-state index is 0.194. The topological polar surface area (TPSA) is 61.8 Å². The summed E-state index contributed by atoms with van der Waals surface area (Å²) in [5.41, 5.74) is 0.705. The molecule has 5 nitrogen and oxygen atoms in total. The Kier molecular flexibility index (Phi) is 5.40. The summed E-state index contributed by atoms with van der Waals surface area (Å²) >= 11 is 0. The number of benzene rings is 2. The first-order chi connectivity index (χ1) is 12.1. The van der Waals surface area contributed by atoms with Gasteiger partial charge in [0.15, 0.2) is 12.3 Å². The van der Waals surface area contributed by atoms with E-state index in [2.05, 4.69) is 0 Å². The average molecular weight is 344 g/mol. The molecule has 3 atom stereocenters. The van der Waals surface area contributed by atoms with E-state index in [4.69, 9.17) is 14.2 Å². The van der Waals surface area contributed by atoms with Gasteiger partial charge in [-0.3, -0.25) is 0 Å². The molecule has 1 unspecified atom stereocenters. The Morgan fingerprint density at radius 1 is 0.960 bits per heavy atom. The van der Waals surface area contributed by atoms with Gasteiger partial charge in [0, 0.05) is 0 Å². The van der Waals surface area contributed by atoms with Crippen molar-refractivity contribution >= 4 is 11.9 Å². The molecule has 1 fully saturated rings. The predicted molar refractivity (Wildman–Crippen MR) is 87.0 cm³/mol. The SMILES string of the molecule is O=C(OCC1OC[C@@H](F)[C@@H]1OC(=O)c1ccccc1)c1ccccc1. The van der Waals surface area contributed by atoms with Crippen LogP contribution in [0.5, 0.6) is 0 Å². The van der Waals surface area contributed by atoms with Crippen LogP contribution in [0.1, 0.15) is 20.7 Å². The number of carbonyl (C=O) groups excluding carboxylic acids is 2. The zero-order valence-corrected chi connectivity index (χ0v) is 13.3. The molecule has 25 heavy (non-hydrogen) atoms. The molecule has 1 saturated heterocycles. The van der Waals surface area contributed by atoms with Crippen LogP contribution in [0.4, 0.5) is 4.39 Å². The van der Waals surface area contributed by atoms with E-state index in [0.29, 0.717) is 11.1 Å². The van der Waals surface area contributed by atoms with Gasteiger partial charge >= 0.3 is 11.9 Å². The van der Waals surface area contributed by atoms with E-state index in [-0.39, 0.29) is 13.2 Å². The van der Waals surface area contributed by atoms with E-state index in [1.165, 1.54) is 0 Å². The Balaban J connectivity index is 1.59. The molecule has 3 rings (SSSR count). The van der Waals surface area contributed by atoms with E-state index >= 15 is 0 Å². The highest BCUT2D eigenvalue weighted by Gasteiger charge is 2.41. The molecular weight excluding hydrogens is 327 g/mol. The van der Waals surface area contributed by atoms with E-state index in [1.807, 2.05) is 0 Å². The molecule has 0 aromatic heterocycles. The maximum absolute atomic E-state index is 14.0. The van der Waals surface area contributed by atoms with Crippen molar-refractivity contribution in [2.24, 2.45) is 0 Å². The fraction of sp³-hybridized carbons (Fsp3) is 0.263. The highest BCUT2D eigenvalue weighted by Crippen LogP contribution is 2.22. The Labute approximate surface area is 144 Å². The molecule has 0 amide bonds. The average Bonchev–Trinajstić information content (AvgIpc) is 3.01. The fourth-order valence-corrected chi connectivity index (χ4v) is 2.51. The summed E-state index contributed by atoms with van der Waals surface area (Å²) in [5.74, 6) is -1.18. The third-order valence-corrected chi connectivity index (χ3v) is 3.83. The third-order valence-electron chi connectivity index (χ3n) is 3.83. The summed E-state index contributed by atoms with van der Waals surface area (Å²) in [6.07, 6.45) is -3.42. The minimum atomic E-state index is -1.46.